The van der Waals surface area contributed by atoms with Crippen LogP contribution >= 0.6 is 0 Å². The predicted octanol–water partition coefficient (Wildman–Crippen LogP) is 2.44. The quantitative estimate of drug-likeness (QED) is 0.882. The third kappa shape index (κ3) is 4.51. The highest BCUT2D eigenvalue weighted by Crippen LogP contribution is 2.26. The molecule has 1 heterocycles. The lowest BCUT2D eigenvalue weighted by Crippen LogP contribution is -2.40. The number of benzene rings is 1. The molecule has 0 bridgehead atoms. The summed E-state index contributed by atoms with van der Waals surface area (Å²) in [4.78, 5) is 2.36. The summed E-state index contributed by atoms with van der Waals surface area (Å²) in [7, 11) is 2.17. The van der Waals surface area contributed by atoms with E-state index in [-0.39, 0.29) is 5.54 Å². The summed E-state index contributed by atoms with van der Waals surface area (Å²) in [5, 5.41) is 3.52. The van der Waals surface area contributed by atoms with Gasteiger partial charge in [0.1, 0.15) is 5.75 Å². The van der Waals surface area contributed by atoms with Crippen LogP contribution in [0.25, 0.3) is 0 Å². The van der Waals surface area contributed by atoms with Crippen molar-refractivity contribution in [3.63, 3.8) is 0 Å². The van der Waals surface area contributed by atoms with Gasteiger partial charge < -0.3 is 15.0 Å². The first-order valence-corrected chi connectivity index (χ1v) is 7.12. The molecule has 106 valence electrons. The van der Waals surface area contributed by atoms with E-state index in [1.165, 1.54) is 11.1 Å². The second-order valence-corrected chi connectivity index (χ2v) is 6.46. The Morgan fingerprint density at radius 3 is 2.84 bits per heavy atom. The van der Waals surface area contributed by atoms with Crippen LogP contribution in [0.2, 0.25) is 0 Å². The Kier molecular flexibility index (Phi) is 4.48. The molecule has 19 heavy (non-hydrogen) atoms. The lowest BCUT2D eigenvalue weighted by molar-refractivity contribution is 0.303. The van der Waals surface area contributed by atoms with Crippen molar-refractivity contribution in [2.45, 2.75) is 39.3 Å². The van der Waals surface area contributed by atoms with Crippen molar-refractivity contribution in [2.24, 2.45) is 0 Å². The minimum atomic E-state index is 0.200. The van der Waals surface area contributed by atoms with Gasteiger partial charge in [-0.05, 0) is 45.0 Å². The van der Waals surface area contributed by atoms with Gasteiger partial charge in [0.2, 0.25) is 0 Å². The fourth-order valence-corrected chi connectivity index (χ4v) is 2.35. The first kappa shape index (κ1) is 14.4. The standard InChI is InChI=1S/C16H26N2O/c1-16(2,3)17-8-9-18(4)12-13-5-6-15-14(11-13)7-10-19-15/h5-6,11,17H,7-10,12H2,1-4H3. The Bertz CT molecular complexity index is 423. The monoisotopic (exact) mass is 262 g/mol. The van der Waals surface area contributed by atoms with E-state index in [1.54, 1.807) is 0 Å². The first-order valence-electron chi connectivity index (χ1n) is 7.12. The highest BCUT2D eigenvalue weighted by molar-refractivity contribution is 5.39. The molecule has 1 N–H and O–H groups in total. The molecule has 1 aromatic rings. The van der Waals surface area contributed by atoms with Crippen LogP contribution in [-0.4, -0.2) is 37.2 Å². The van der Waals surface area contributed by atoms with Gasteiger partial charge in [0, 0.05) is 31.6 Å². The maximum absolute atomic E-state index is 5.54. The van der Waals surface area contributed by atoms with Crippen LogP contribution in [0.3, 0.4) is 0 Å². The third-order valence-electron chi connectivity index (χ3n) is 3.36. The Morgan fingerprint density at radius 1 is 1.32 bits per heavy atom. The van der Waals surface area contributed by atoms with Crippen molar-refractivity contribution in [3.8, 4) is 5.75 Å². The van der Waals surface area contributed by atoms with Crippen molar-refractivity contribution < 1.29 is 4.74 Å². The average molecular weight is 262 g/mol. The van der Waals surface area contributed by atoms with Crippen LogP contribution in [0.5, 0.6) is 5.75 Å². The van der Waals surface area contributed by atoms with Gasteiger partial charge in [-0.1, -0.05) is 12.1 Å². The van der Waals surface area contributed by atoms with E-state index in [0.717, 1.165) is 38.4 Å². The Balaban J connectivity index is 1.80. The molecular formula is C16H26N2O. The van der Waals surface area contributed by atoms with E-state index in [2.05, 4.69) is 56.2 Å². The van der Waals surface area contributed by atoms with Crippen molar-refractivity contribution in [1.29, 1.82) is 0 Å². The fourth-order valence-electron chi connectivity index (χ4n) is 2.35. The summed E-state index contributed by atoms with van der Waals surface area (Å²) < 4.78 is 5.54. The smallest absolute Gasteiger partial charge is 0.122 e. The van der Waals surface area contributed by atoms with Crippen molar-refractivity contribution in [3.05, 3.63) is 29.3 Å². The number of nitrogens with zero attached hydrogens (tertiary/aromatic N) is 1. The van der Waals surface area contributed by atoms with E-state index in [4.69, 9.17) is 4.74 Å². The van der Waals surface area contributed by atoms with Gasteiger partial charge >= 0.3 is 0 Å². The molecule has 0 radical (unpaired) electrons. The molecule has 0 amide bonds. The molecule has 0 unspecified atom stereocenters. The molecule has 0 saturated carbocycles. The molecule has 0 saturated heterocycles. The number of nitrogens with one attached hydrogen (secondary N) is 1. The van der Waals surface area contributed by atoms with Gasteiger partial charge in [0.05, 0.1) is 6.61 Å². The number of likely N-dealkylation sites (N-methyl/N-ethyl adjacent to an activating group) is 1. The molecule has 0 aromatic heterocycles. The lowest BCUT2D eigenvalue weighted by Gasteiger charge is -2.23. The fraction of sp³-hybridized carbons (Fsp3) is 0.625. The molecular weight excluding hydrogens is 236 g/mol. The van der Waals surface area contributed by atoms with E-state index < -0.39 is 0 Å². The number of hydrogen-bond acceptors (Lipinski definition) is 3. The topological polar surface area (TPSA) is 24.5 Å². The van der Waals surface area contributed by atoms with E-state index in [0.29, 0.717) is 0 Å². The summed E-state index contributed by atoms with van der Waals surface area (Å²) in [5.74, 6) is 1.07. The maximum atomic E-state index is 5.54. The zero-order chi connectivity index (χ0) is 13.9. The van der Waals surface area contributed by atoms with Gasteiger partial charge in [0.15, 0.2) is 0 Å². The highest BCUT2D eigenvalue weighted by Gasteiger charge is 2.13. The number of hydrogen-bond donors (Lipinski definition) is 1. The SMILES string of the molecule is CN(CCNC(C)(C)C)Cc1ccc2c(c1)CCO2. The zero-order valence-corrected chi connectivity index (χ0v) is 12.6. The molecule has 3 heteroatoms. The summed E-state index contributed by atoms with van der Waals surface area (Å²) in [6.45, 7) is 10.5. The van der Waals surface area contributed by atoms with Crippen LogP contribution in [0.4, 0.5) is 0 Å². The summed E-state index contributed by atoms with van der Waals surface area (Å²) in [6.07, 6.45) is 1.05. The number of ether oxygens (including phenoxy) is 1. The molecule has 2 rings (SSSR count). The average Bonchev–Trinajstić information content (AvgIpc) is 2.74. The predicted molar refractivity (Wildman–Crippen MR) is 79.7 cm³/mol. The third-order valence-corrected chi connectivity index (χ3v) is 3.36. The van der Waals surface area contributed by atoms with Crippen LogP contribution in [0, 0.1) is 0 Å². The van der Waals surface area contributed by atoms with Gasteiger partial charge in [0.25, 0.3) is 0 Å². The van der Waals surface area contributed by atoms with Gasteiger partial charge in [-0.3, -0.25) is 0 Å². The molecule has 1 aliphatic rings. The van der Waals surface area contributed by atoms with Gasteiger partial charge in [-0.15, -0.1) is 0 Å². The van der Waals surface area contributed by atoms with Gasteiger partial charge in [-0.25, -0.2) is 0 Å². The summed E-state index contributed by atoms with van der Waals surface area (Å²) >= 11 is 0. The van der Waals surface area contributed by atoms with E-state index >= 15 is 0 Å². The Labute approximate surface area is 116 Å². The molecule has 0 atom stereocenters. The molecule has 0 fully saturated rings. The van der Waals surface area contributed by atoms with Crippen molar-refractivity contribution in [2.75, 3.05) is 26.7 Å². The van der Waals surface area contributed by atoms with Gasteiger partial charge in [-0.2, -0.15) is 0 Å². The minimum Gasteiger partial charge on any atom is -0.493 e. The lowest BCUT2D eigenvalue weighted by atomic mass is 10.1. The number of fused-ring (bicyclic) bond motifs is 1. The molecule has 1 aliphatic heterocycles. The summed E-state index contributed by atoms with van der Waals surface area (Å²) in [6, 6.07) is 6.58. The second kappa shape index (κ2) is 5.93. The largest absolute Gasteiger partial charge is 0.493 e. The van der Waals surface area contributed by atoms with Crippen molar-refractivity contribution >= 4 is 0 Å². The van der Waals surface area contributed by atoms with E-state index in [9.17, 15) is 0 Å². The Hall–Kier alpha value is -1.06. The first-order chi connectivity index (χ1) is 8.94. The second-order valence-electron chi connectivity index (χ2n) is 6.46. The maximum Gasteiger partial charge on any atom is 0.122 e. The van der Waals surface area contributed by atoms with E-state index in [1.807, 2.05) is 0 Å². The molecule has 0 spiro atoms. The van der Waals surface area contributed by atoms with Crippen LogP contribution in [0.1, 0.15) is 31.9 Å². The zero-order valence-electron chi connectivity index (χ0n) is 12.6. The molecule has 3 nitrogen and oxygen atoms in total. The van der Waals surface area contributed by atoms with Crippen molar-refractivity contribution in [1.82, 2.24) is 10.2 Å². The van der Waals surface area contributed by atoms with Crippen LogP contribution in [-0.2, 0) is 13.0 Å². The highest BCUT2D eigenvalue weighted by atomic mass is 16.5. The number of rotatable bonds is 5. The summed E-state index contributed by atoms with van der Waals surface area (Å²) in [5.41, 5.74) is 2.94. The molecule has 1 aromatic carbocycles. The van der Waals surface area contributed by atoms with Crippen LogP contribution < -0.4 is 10.1 Å². The Morgan fingerprint density at radius 2 is 2.11 bits per heavy atom. The minimum absolute atomic E-state index is 0.200. The van der Waals surface area contributed by atoms with Crippen LogP contribution in [0.15, 0.2) is 18.2 Å². The molecule has 0 aliphatic carbocycles. The normalized spacial score (nSPS) is 14.6.